The van der Waals surface area contributed by atoms with E-state index in [1.165, 1.54) is 77.4 Å². The van der Waals surface area contributed by atoms with E-state index in [0.717, 1.165) is 28.4 Å². The van der Waals surface area contributed by atoms with Gasteiger partial charge >= 0.3 is 0 Å². The molecule has 12 rings (SSSR count). The predicted octanol–water partition coefficient (Wildman–Crippen LogP) is 14.3. The van der Waals surface area contributed by atoms with Crippen LogP contribution in [0, 0.1) is 0 Å². The van der Waals surface area contributed by atoms with Crippen LogP contribution in [0.2, 0.25) is 19.6 Å². The van der Waals surface area contributed by atoms with Crippen molar-refractivity contribution in [2.24, 2.45) is 0 Å². The zero-order chi connectivity index (χ0) is 44.4. The number of hydrogen-bond donors (Lipinski definition) is 0. The van der Waals surface area contributed by atoms with Crippen molar-refractivity contribution in [1.82, 2.24) is 0 Å². The molecule has 2 aliphatic heterocycles. The van der Waals surface area contributed by atoms with Gasteiger partial charge in [-0.15, -0.1) is 0 Å². The van der Waals surface area contributed by atoms with Gasteiger partial charge in [0.05, 0.1) is 13.8 Å². The average Bonchev–Trinajstić information content (AvgIpc) is 3.37. The molecule has 0 aliphatic carbocycles. The van der Waals surface area contributed by atoms with Crippen molar-refractivity contribution in [1.29, 1.82) is 0 Å². The van der Waals surface area contributed by atoms with Gasteiger partial charge in [-0.2, -0.15) is 0 Å². The summed E-state index contributed by atoms with van der Waals surface area (Å²) in [4.78, 5) is 7.59. The number of benzene rings is 10. The van der Waals surface area contributed by atoms with Crippen LogP contribution in [0.25, 0.3) is 33.0 Å². The molecule has 314 valence electrons. The van der Waals surface area contributed by atoms with Crippen molar-refractivity contribution in [3.63, 3.8) is 0 Å². The van der Waals surface area contributed by atoms with E-state index < -0.39 is 8.07 Å². The van der Waals surface area contributed by atoms with Crippen molar-refractivity contribution in [2.45, 2.75) is 19.6 Å². The molecule has 0 spiro atoms. The lowest BCUT2D eigenvalue weighted by Crippen LogP contribution is -2.62. The first-order valence-electron chi connectivity index (χ1n) is 23.1. The molecule has 0 saturated carbocycles. The Bertz CT molecular complexity index is 3350. The fourth-order valence-electron chi connectivity index (χ4n) is 10.4. The van der Waals surface area contributed by atoms with Crippen molar-refractivity contribution in [2.75, 3.05) is 14.7 Å². The maximum Gasteiger partial charge on any atom is 0.252 e. The molecule has 0 radical (unpaired) electrons. The van der Waals surface area contributed by atoms with Gasteiger partial charge < -0.3 is 14.7 Å². The van der Waals surface area contributed by atoms with Crippen LogP contribution in [-0.4, -0.2) is 14.8 Å². The molecule has 5 heteroatoms. The monoisotopic (exact) mass is 861 g/mol. The number of rotatable bonds is 8. The van der Waals surface area contributed by atoms with Crippen molar-refractivity contribution >= 4 is 98.3 Å². The molecular formula is C61H48BN3Si. The maximum atomic E-state index is 2.58. The van der Waals surface area contributed by atoms with Gasteiger partial charge in [0.2, 0.25) is 0 Å². The topological polar surface area (TPSA) is 9.72 Å². The Labute approximate surface area is 389 Å². The van der Waals surface area contributed by atoms with Gasteiger partial charge in [0.1, 0.15) is 0 Å². The Hall–Kier alpha value is -7.86. The third-order valence-corrected chi connectivity index (χ3v) is 15.6. The van der Waals surface area contributed by atoms with E-state index in [2.05, 4.69) is 271 Å². The fraction of sp³-hybridized carbons (Fsp3) is 0.0492. The molecule has 66 heavy (non-hydrogen) atoms. The first-order valence-corrected chi connectivity index (χ1v) is 26.6. The smallest absolute Gasteiger partial charge is 0.252 e. The Balaban J connectivity index is 1.20. The Morgan fingerprint density at radius 3 is 1.38 bits per heavy atom. The Kier molecular flexibility index (Phi) is 9.62. The second-order valence-electron chi connectivity index (χ2n) is 18.6. The van der Waals surface area contributed by atoms with E-state index in [1.807, 2.05) is 0 Å². The molecular weight excluding hydrogens is 814 g/mol. The quantitative estimate of drug-likeness (QED) is 0.141. The minimum Gasteiger partial charge on any atom is -0.311 e. The molecule has 3 nitrogen and oxygen atoms in total. The molecule has 10 aromatic rings. The van der Waals surface area contributed by atoms with E-state index in [9.17, 15) is 0 Å². The molecule has 2 aliphatic rings. The van der Waals surface area contributed by atoms with E-state index >= 15 is 0 Å². The molecule has 0 bridgehead atoms. The lowest BCUT2D eigenvalue weighted by molar-refractivity contribution is 1.25. The highest BCUT2D eigenvalue weighted by Gasteiger charge is 2.45. The van der Waals surface area contributed by atoms with Crippen molar-refractivity contribution in [3.8, 4) is 22.3 Å². The summed E-state index contributed by atoms with van der Waals surface area (Å²) in [5.74, 6) is 0. The number of para-hydroxylation sites is 3. The number of nitrogens with zero attached hydrogens (tertiary/aromatic N) is 3. The molecule has 0 atom stereocenters. The Morgan fingerprint density at radius 2 is 0.803 bits per heavy atom. The first-order chi connectivity index (χ1) is 32.4. The van der Waals surface area contributed by atoms with E-state index in [0.29, 0.717) is 0 Å². The van der Waals surface area contributed by atoms with Gasteiger partial charge in [-0.3, -0.25) is 0 Å². The third kappa shape index (κ3) is 6.66. The van der Waals surface area contributed by atoms with Gasteiger partial charge in [0, 0.05) is 50.9 Å². The summed E-state index contributed by atoms with van der Waals surface area (Å²) in [5, 5.41) is 3.88. The second kappa shape index (κ2) is 16.0. The molecule has 10 aromatic carbocycles. The second-order valence-corrected chi connectivity index (χ2v) is 23.6. The minimum absolute atomic E-state index is 0.0694. The number of fused-ring (bicyclic) bond motifs is 6. The predicted molar refractivity (Wildman–Crippen MR) is 287 cm³/mol. The van der Waals surface area contributed by atoms with Crippen molar-refractivity contribution in [3.05, 3.63) is 237 Å². The highest BCUT2D eigenvalue weighted by atomic mass is 28.3. The normalized spacial score (nSPS) is 12.7. The summed E-state index contributed by atoms with van der Waals surface area (Å²) in [7, 11) is -1.91. The van der Waals surface area contributed by atoms with Crippen LogP contribution in [-0.2, 0) is 0 Å². The van der Waals surface area contributed by atoms with Crippen LogP contribution in [0.3, 0.4) is 0 Å². The highest BCUT2D eigenvalue weighted by Crippen LogP contribution is 2.48. The molecule has 0 aromatic heterocycles. The SMILES string of the molecule is C[Si](C)(C)c1cc2c3c(c1)N(c1ccccc1)c1cc(N(c4ccccc4)c4ccccc4)c4ccccc4c1B3c1cc(-c3ccccc3)ccc1N2c1ccc(-c2ccccc2)cc1. The van der Waals surface area contributed by atoms with Gasteiger partial charge in [0.25, 0.3) is 6.71 Å². The molecule has 0 N–H and O–H groups in total. The van der Waals surface area contributed by atoms with Crippen LogP contribution in [0.4, 0.5) is 51.2 Å². The van der Waals surface area contributed by atoms with E-state index in [4.69, 9.17) is 0 Å². The molecule has 0 amide bonds. The van der Waals surface area contributed by atoms with Gasteiger partial charge in [-0.05, 0) is 117 Å². The summed E-state index contributed by atoms with van der Waals surface area (Å²) in [5.41, 5.74) is 19.3. The van der Waals surface area contributed by atoms with Crippen LogP contribution < -0.4 is 36.3 Å². The zero-order valence-electron chi connectivity index (χ0n) is 37.4. The fourth-order valence-corrected chi connectivity index (χ4v) is 11.6. The van der Waals surface area contributed by atoms with Crippen LogP contribution >= 0.6 is 0 Å². The van der Waals surface area contributed by atoms with Crippen molar-refractivity contribution < 1.29 is 0 Å². The van der Waals surface area contributed by atoms with E-state index in [1.54, 1.807) is 0 Å². The van der Waals surface area contributed by atoms with Crippen LogP contribution in [0.15, 0.2) is 237 Å². The average molecular weight is 862 g/mol. The lowest BCUT2D eigenvalue weighted by atomic mass is 9.32. The minimum atomic E-state index is -1.91. The first kappa shape index (κ1) is 39.7. The summed E-state index contributed by atoms with van der Waals surface area (Å²) >= 11 is 0. The molecule has 0 fully saturated rings. The maximum absolute atomic E-state index is 2.58. The third-order valence-electron chi connectivity index (χ3n) is 13.5. The van der Waals surface area contributed by atoms with Crippen LogP contribution in [0.1, 0.15) is 0 Å². The number of hydrogen-bond acceptors (Lipinski definition) is 3. The largest absolute Gasteiger partial charge is 0.311 e. The lowest BCUT2D eigenvalue weighted by Gasteiger charge is -2.46. The van der Waals surface area contributed by atoms with Gasteiger partial charge in [0.15, 0.2) is 0 Å². The summed E-state index contributed by atoms with van der Waals surface area (Å²) < 4.78 is 0. The highest BCUT2D eigenvalue weighted by molar-refractivity contribution is 7.02. The molecule has 0 saturated heterocycles. The Morgan fingerprint density at radius 1 is 0.364 bits per heavy atom. The van der Waals surface area contributed by atoms with Gasteiger partial charge in [-0.25, -0.2) is 0 Å². The zero-order valence-corrected chi connectivity index (χ0v) is 38.4. The van der Waals surface area contributed by atoms with Crippen LogP contribution in [0.5, 0.6) is 0 Å². The number of anilines is 9. The molecule has 0 unspecified atom stereocenters. The summed E-state index contributed by atoms with van der Waals surface area (Å²) in [6, 6.07) is 87.4. The summed E-state index contributed by atoms with van der Waals surface area (Å²) in [6.45, 7) is 7.37. The van der Waals surface area contributed by atoms with Gasteiger partial charge in [-0.1, -0.05) is 189 Å². The standard InChI is InChI=1S/C61H48BN3Si/c1-66(2,3)51-40-57-61-58(41-51)65(49-29-17-8-18-30-49)59-42-56(63(47-25-13-6-14-26-47)48-27-15-7-16-28-48)52-31-19-20-32-53(52)60(59)62(61)54-39-46(44-23-11-5-12-24-44)35-38-55(54)64(57)50-36-33-45(34-37-50)43-21-9-4-10-22-43/h4-42H,1-3H3. The molecule has 2 heterocycles. The summed E-state index contributed by atoms with van der Waals surface area (Å²) in [6.07, 6.45) is 0. The van der Waals surface area contributed by atoms with E-state index in [-0.39, 0.29) is 6.71 Å².